The number of allylic oxidation sites excluding steroid dienone is 1. The fourth-order valence-electron chi connectivity index (χ4n) is 7.93. The molecule has 2 N–H and O–H groups in total. The van der Waals surface area contributed by atoms with Crippen LogP contribution in [0.3, 0.4) is 0 Å². The first-order chi connectivity index (χ1) is 23.7. The first-order valence-electron chi connectivity index (χ1n) is 16.9. The molecule has 3 amide bonds. The number of β-amino-alcohol motifs (C(OH)–C–C–N with tert-alkyl or cyclic N) is 1. The van der Waals surface area contributed by atoms with Gasteiger partial charge in [0.05, 0.1) is 30.6 Å². The van der Waals surface area contributed by atoms with Crippen LogP contribution in [0, 0.1) is 11.8 Å². The molecule has 3 saturated heterocycles. The van der Waals surface area contributed by atoms with E-state index in [2.05, 4.69) is 18.5 Å². The molecule has 0 unspecified atom stereocenters. The molecule has 0 saturated carbocycles. The molecule has 7 atom stereocenters. The predicted molar refractivity (Wildman–Crippen MR) is 185 cm³/mol. The van der Waals surface area contributed by atoms with Crippen molar-refractivity contribution in [3.05, 3.63) is 104 Å². The van der Waals surface area contributed by atoms with Gasteiger partial charge in [0.1, 0.15) is 17.7 Å². The summed E-state index contributed by atoms with van der Waals surface area (Å²) in [5.74, 6) is -3.56. The van der Waals surface area contributed by atoms with E-state index in [9.17, 15) is 24.3 Å². The molecule has 0 radical (unpaired) electrons. The van der Waals surface area contributed by atoms with Crippen molar-refractivity contribution < 1.29 is 33.8 Å². The SMILES string of the molecule is C=CCCC(=O)N[C@@H](C)[C@H](OC(=O)[C@@H]1[C@H]2C(=O)N(CCO)[C@H](C(=O)N(CC=C)c3ccc4ccccc4c3)[C@]23CC[C@H]1O3)c1ccccc1. The van der Waals surface area contributed by atoms with E-state index in [-0.39, 0.29) is 37.9 Å². The molecular weight excluding hydrogens is 622 g/mol. The molecule has 49 heavy (non-hydrogen) atoms. The zero-order valence-electron chi connectivity index (χ0n) is 27.7. The van der Waals surface area contributed by atoms with E-state index < -0.39 is 53.6 Å². The number of rotatable bonds is 14. The summed E-state index contributed by atoms with van der Waals surface area (Å²) in [6, 6.07) is 21.1. The fraction of sp³-hybridized carbons (Fsp3) is 0.385. The van der Waals surface area contributed by atoms with Gasteiger partial charge in [0.15, 0.2) is 0 Å². The quantitative estimate of drug-likeness (QED) is 0.192. The predicted octanol–water partition coefficient (Wildman–Crippen LogP) is 4.48. The highest BCUT2D eigenvalue weighted by molar-refractivity contribution is 6.05. The highest BCUT2D eigenvalue weighted by Gasteiger charge is 2.75. The standard InChI is InChI=1S/C39H43N3O7/c1-4-6-16-31(44)40-25(3)34(27-13-8-7-9-14-27)48-38(47)32-30-19-20-39(49-30)33(32)36(45)42(22-23-43)35(39)37(46)41(21-5-2)29-18-17-26-12-10-11-15-28(26)24-29/h4-5,7-15,17-18,24-25,30,32-35,43H,1-2,6,16,19-23H2,3H3,(H,40,44)/t25-,30+,32-,33-,34-,35+,39-/m0/s1. The number of nitrogens with zero attached hydrogens (tertiary/aromatic N) is 2. The number of ether oxygens (including phenoxy) is 2. The molecule has 2 bridgehead atoms. The number of benzene rings is 3. The van der Waals surface area contributed by atoms with Crippen LogP contribution in [-0.2, 0) is 28.7 Å². The lowest BCUT2D eigenvalue weighted by Crippen LogP contribution is -2.56. The van der Waals surface area contributed by atoms with Crippen molar-refractivity contribution in [2.24, 2.45) is 11.8 Å². The van der Waals surface area contributed by atoms with E-state index in [0.29, 0.717) is 30.5 Å². The maximum atomic E-state index is 14.7. The van der Waals surface area contributed by atoms with Crippen LogP contribution in [0.4, 0.5) is 5.69 Å². The number of likely N-dealkylation sites (tertiary alicyclic amines) is 1. The number of carbonyl (C=O) groups is 4. The topological polar surface area (TPSA) is 125 Å². The van der Waals surface area contributed by atoms with Gasteiger partial charge in [-0.05, 0) is 54.7 Å². The van der Waals surface area contributed by atoms with Gasteiger partial charge in [-0.25, -0.2) is 0 Å². The molecule has 0 aromatic heterocycles. The second-order valence-electron chi connectivity index (χ2n) is 13.0. The van der Waals surface area contributed by atoms with Gasteiger partial charge in [-0.2, -0.15) is 0 Å². The van der Waals surface area contributed by atoms with Crippen molar-refractivity contribution in [3.63, 3.8) is 0 Å². The number of hydrogen-bond acceptors (Lipinski definition) is 7. The molecule has 256 valence electrons. The maximum absolute atomic E-state index is 14.7. The Bertz CT molecular complexity index is 1740. The molecule has 3 fully saturated rings. The molecule has 3 aliphatic heterocycles. The van der Waals surface area contributed by atoms with Crippen LogP contribution in [-0.4, -0.2) is 77.2 Å². The first-order valence-corrected chi connectivity index (χ1v) is 16.9. The maximum Gasteiger partial charge on any atom is 0.313 e. The van der Waals surface area contributed by atoms with Crippen molar-refractivity contribution in [2.75, 3.05) is 24.6 Å². The lowest BCUT2D eigenvalue weighted by molar-refractivity contribution is -0.162. The molecular formula is C39H43N3O7. The van der Waals surface area contributed by atoms with Crippen LogP contribution >= 0.6 is 0 Å². The van der Waals surface area contributed by atoms with Crippen molar-refractivity contribution in [1.29, 1.82) is 0 Å². The minimum Gasteiger partial charge on any atom is -0.455 e. The molecule has 10 nitrogen and oxygen atoms in total. The minimum absolute atomic E-state index is 0.0939. The highest BCUT2D eigenvalue weighted by Crippen LogP contribution is 2.59. The monoisotopic (exact) mass is 665 g/mol. The lowest BCUT2D eigenvalue weighted by atomic mass is 9.70. The largest absolute Gasteiger partial charge is 0.455 e. The molecule has 3 aromatic carbocycles. The average molecular weight is 666 g/mol. The third-order valence-electron chi connectivity index (χ3n) is 10.1. The third kappa shape index (κ3) is 6.26. The average Bonchev–Trinajstić information content (AvgIpc) is 3.76. The zero-order valence-corrected chi connectivity index (χ0v) is 27.7. The number of amides is 3. The van der Waals surface area contributed by atoms with Gasteiger partial charge in [-0.3, -0.25) is 19.2 Å². The Labute approximate surface area is 286 Å². The number of aliphatic hydroxyl groups is 1. The zero-order chi connectivity index (χ0) is 34.7. The van der Waals surface area contributed by atoms with Crippen molar-refractivity contribution in [2.45, 2.75) is 62.5 Å². The van der Waals surface area contributed by atoms with E-state index in [0.717, 1.165) is 10.8 Å². The van der Waals surface area contributed by atoms with Crippen LogP contribution in [0.25, 0.3) is 10.8 Å². The molecule has 3 aromatic rings. The number of fused-ring (bicyclic) bond motifs is 2. The number of esters is 1. The number of hydrogen-bond donors (Lipinski definition) is 2. The number of carbonyl (C=O) groups excluding carboxylic acids is 4. The lowest BCUT2D eigenvalue weighted by Gasteiger charge is -2.36. The van der Waals surface area contributed by atoms with Crippen LogP contribution in [0.2, 0.25) is 0 Å². The second kappa shape index (κ2) is 14.4. The minimum atomic E-state index is -1.28. The van der Waals surface area contributed by atoms with E-state index in [1.807, 2.05) is 72.8 Å². The van der Waals surface area contributed by atoms with Crippen LogP contribution in [0.1, 0.15) is 44.3 Å². The third-order valence-corrected chi connectivity index (χ3v) is 10.1. The molecule has 1 spiro atoms. The van der Waals surface area contributed by atoms with E-state index >= 15 is 0 Å². The van der Waals surface area contributed by atoms with Crippen LogP contribution < -0.4 is 10.2 Å². The summed E-state index contributed by atoms with van der Waals surface area (Å²) in [4.78, 5) is 58.8. The summed E-state index contributed by atoms with van der Waals surface area (Å²) in [5, 5.41) is 15.0. The summed E-state index contributed by atoms with van der Waals surface area (Å²) >= 11 is 0. The second-order valence-corrected chi connectivity index (χ2v) is 13.0. The van der Waals surface area contributed by atoms with Crippen LogP contribution in [0.5, 0.6) is 0 Å². The van der Waals surface area contributed by atoms with E-state index in [4.69, 9.17) is 9.47 Å². The summed E-state index contributed by atoms with van der Waals surface area (Å²) < 4.78 is 12.8. The Balaban J connectivity index is 1.31. The van der Waals surface area contributed by atoms with Gasteiger partial charge >= 0.3 is 5.97 Å². The van der Waals surface area contributed by atoms with Gasteiger partial charge in [0.2, 0.25) is 11.8 Å². The molecule has 3 heterocycles. The van der Waals surface area contributed by atoms with E-state index in [1.165, 1.54) is 4.90 Å². The van der Waals surface area contributed by atoms with Crippen molar-refractivity contribution in [3.8, 4) is 0 Å². The molecule has 0 aliphatic carbocycles. The van der Waals surface area contributed by atoms with Crippen molar-refractivity contribution in [1.82, 2.24) is 10.2 Å². The molecule has 3 aliphatic rings. The van der Waals surface area contributed by atoms with Gasteiger partial charge in [-0.1, -0.05) is 72.8 Å². The molecule has 10 heteroatoms. The van der Waals surface area contributed by atoms with Gasteiger partial charge < -0.3 is 29.7 Å². The number of nitrogens with one attached hydrogen (secondary N) is 1. The van der Waals surface area contributed by atoms with Crippen LogP contribution in [0.15, 0.2) is 98.1 Å². The summed E-state index contributed by atoms with van der Waals surface area (Å²) in [6.07, 6.45) is 3.44. The number of anilines is 1. The normalized spacial score (nSPS) is 25.0. The Kier molecular flexibility index (Phi) is 9.99. The summed E-state index contributed by atoms with van der Waals surface area (Å²) in [5.41, 5.74) is 0.0493. The van der Waals surface area contributed by atoms with Gasteiger partial charge in [-0.15, -0.1) is 13.2 Å². The van der Waals surface area contributed by atoms with Gasteiger partial charge in [0.25, 0.3) is 5.91 Å². The highest BCUT2D eigenvalue weighted by atomic mass is 16.6. The van der Waals surface area contributed by atoms with Gasteiger partial charge in [0, 0.05) is 25.2 Å². The Morgan fingerprint density at radius 2 is 1.82 bits per heavy atom. The van der Waals surface area contributed by atoms with Crippen molar-refractivity contribution >= 4 is 40.2 Å². The first kappa shape index (κ1) is 34.1. The molecule has 6 rings (SSSR count). The number of aliphatic hydroxyl groups excluding tert-OH is 1. The Hall–Kier alpha value is -4.80. The summed E-state index contributed by atoms with van der Waals surface area (Å²) in [7, 11) is 0. The van der Waals surface area contributed by atoms with E-state index in [1.54, 1.807) is 24.0 Å². The fourth-order valence-corrected chi connectivity index (χ4v) is 7.93. The Morgan fingerprint density at radius 1 is 1.08 bits per heavy atom. The summed E-state index contributed by atoms with van der Waals surface area (Å²) in [6.45, 7) is 9.04. The Morgan fingerprint density at radius 3 is 2.53 bits per heavy atom. The smallest absolute Gasteiger partial charge is 0.313 e.